The molecule has 0 fully saturated rings. The van der Waals surface area contributed by atoms with E-state index in [1.54, 1.807) is 43.1 Å². The minimum Gasteiger partial charge on any atom is -0.429 e. The molecule has 0 aromatic heterocycles. The van der Waals surface area contributed by atoms with Crippen molar-refractivity contribution in [1.82, 2.24) is 0 Å². The van der Waals surface area contributed by atoms with Gasteiger partial charge in [-0.15, -0.1) is 0 Å². The maximum absolute atomic E-state index is 12.9. The number of carbonyl (C=O) groups is 3. The Hall–Kier alpha value is -4.13. The molecule has 1 aliphatic rings. The zero-order valence-electron chi connectivity index (χ0n) is 18.7. The first kappa shape index (κ1) is 22.1. The van der Waals surface area contributed by atoms with Crippen molar-refractivity contribution in [2.75, 3.05) is 22.2 Å². The lowest BCUT2D eigenvalue weighted by Crippen LogP contribution is -2.50. The summed E-state index contributed by atoms with van der Waals surface area (Å²) >= 11 is 0. The minimum atomic E-state index is -0.349. The second-order valence-electron chi connectivity index (χ2n) is 8.02. The van der Waals surface area contributed by atoms with Crippen LogP contribution in [-0.2, 0) is 16.1 Å². The average molecular weight is 444 g/mol. The van der Waals surface area contributed by atoms with Crippen LogP contribution in [-0.4, -0.2) is 31.3 Å². The summed E-state index contributed by atoms with van der Waals surface area (Å²) in [5, 5.41) is 3.38. The molecule has 1 heterocycles. The van der Waals surface area contributed by atoms with Crippen LogP contribution in [0.5, 0.6) is 5.75 Å². The van der Waals surface area contributed by atoms with Crippen molar-refractivity contribution in [3.8, 4) is 5.75 Å². The molecular formula is C26H25N3O4. The number of nitrogens with one attached hydrogen (secondary N) is 1. The lowest BCUT2D eigenvalue weighted by molar-refractivity contribution is -0.121. The standard InChI is InChI=1S/C26H25N3O4/c1-17-26(32)28(3)24-13-10-22(27-21-8-6-20(7-9-21)18(2)31)14-25(24)29(17)15-19-4-11-23(12-5-19)33-16-30/h4-14,16-17,27H,15H2,1-3H3. The number of ether oxygens (including phenoxy) is 1. The number of amides is 1. The molecule has 168 valence electrons. The third-order valence-electron chi connectivity index (χ3n) is 5.84. The van der Waals surface area contributed by atoms with Crippen molar-refractivity contribution in [3.05, 3.63) is 77.9 Å². The van der Waals surface area contributed by atoms with Crippen molar-refractivity contribution < 1.29 is 19.1 Å². The van der Waals surface area contributed by atoms with E-state index in [0.29, 0.717) is 24.3 Å². The monoisotopic (exact) mass is 443 g/mol. The van der Waals surface area contributed by atoms with Crippen LogP contribution in [0.15, 0.2) is 66.7 Å². The molecule has 1 amide bonds. The fraction of sp³-hybridized carbons (Fsp3) is 0.192. The number of hydrogen-bond donors (Lipinski definition) is 1. The summed E-state index contributed by atoms with van der Waals surface area (Å²) in [4.78, 5) is 38.7. The summed E-state index contributed by atoms with van der Waals surface area (Å²) in [5.41, 5.74) is 5.15. The third-order valence-corrected chi connectivity index (χ3v) is 5.84. The van der Waals surface area contributed by atoms with Gasteiger partial charge in [0.05, 0.1) is 11.4 Å². The van der Waals surface area contributed by atoms with Gasteiger partial charge < -0.3 is 19.9 Å². The largest absolute Gasteiger partial charge is 0.429 e. The lowest BCUT2D eigenvalue weighted by Gasteiger charge is -2.40. The zero-order chi connectivity index (χ0) is 23.5. The van der Waals surface area contributed by atoms with Gasteiger partial charge in [0, 0.05) is 30.5 Å². The molecule has 1 aliphatic heterocycles. The smallest absolute Gasteiger partial charge is 0.298 e. The van der Waals surface area contributed by atoms with E-state index < -0.39 is 0 Å². The van der Waals surface area contributed by atoms with E-state index in [4.69, 9.17) is 4.74 Å². The van der Waals surface area contributed by atoms with Crippen molar-refractivity contribution >= 4 is 40.9 Å². The van der Waals surface area contributed by atoms with E-state index in [0.717, 1.165) is 28.3 Å². The fourth-order valence-corrected chi connectivity index (χ4v) is 3.96. The van der Waals surface area contributed by atoms with Crippen LogP contribution in [0.2, 0.25) is 0 Å². The number of rotatable bonds is 7. The summed E-state index contributed by atoms with van der Waals surface area (Å²) in [6.45, 7) is 4.36. The molecule has 3 aromatic carbocycles. The van der Waals surface area contributed by atoms with Crippen molar-refractivity contribution in [2.24, 2.45) is 0 Å². The number of benzene rings is 3. The van der Waals surface area contributed by atoms with Gasteiger partial charge in [0.1, 0.15) is 11.8 Å². The van der Waals surface area contributed by atoms with E-state index in [-0.39, 0.29) is 17.7 Å². The molecule has 4 rings (SSSR count). The highest BCUT2D eigenvalue weighted by Crippen LogP contribution is 2.39. The molecule has 0 bridgehead atoms. The molecule has 1 atom stereocenters. The average Bonchev–Trinajstić information content (AvgIpc) is 2.82. The number of carbonyl (C=O) groups excluding carboxylic acids is 3. The first-order valence-corrected chi connectivity index (χ1v) is 10.6. The molecule has 1 N–H and O–H groups in total. The molecule has 33 heavy (non-hydrogen) atoms. The summed E-state index contributed by atoms with van der Waals surface area (Å²) in [7, 11) is 1.79. The van der Waals surface area contributed by atoms with E-state index in [9.17, 15) is 14.4 Å². The highest BCUT2D eigenvalue weighted by atomic mass is 16.5. The third kappa shape index (κ3) is 4.57. The second kappa shape index (κ2) is 9.16. The molecule has 0 saturated heterocycles. The van der Waals surface area contributed by atoms with E-state index in [2.05, 4.69) is 10.2 Å². The van der Waals surface area contributed by atoms with Gasteiger partial charge in [0.2, 0.25) is 5.91 Å². The Bertz CT molecular complexity index is 1190. The van der Waals surface area contributed by atoms with Crippen molar-refractivity contribution in [1.29, 1.82) is 0 Å². The quantitative estimate of drug-likeness (QED) is 0.427. The predicted octanol–water partition coefficient (Wildman–Crippen LogP) is 4.54. The Morgan fingerprint density at radius 2 is 1.67 bits per heavy atom. The number of Topliss-reactive ketones (excluding diaryl/α,β-unsaturated/α-hetero) is 1. The molecular weight excluding hydrogens is 418 g/mol. The maximum Gasteiger partial charge on any atom is 0.298 e. The van der Waals surface area contributed by atoms with Crippen LogP contribution in [0.1, 0.15) is 29.8 Å². The van der Waals surface area contributed by atoms with Gasteiger partial charge in [-0.2, -0.15) is 0 Å². The molecule has 7 heteroatoms. The molecule has 7 nitrogen and oxygen atoms in total. The van der Waals surface area contributed by atoms with Crippen LogP contribution in [0.4, 0.5) is 22.7 Å². The normalized spacial score (nSPS) is 15.1. The summed E-state index contributed by atoms with van der Waals surface area (Å²) in [6, 6.07) is 20.1. The van der Waals surface area contributed by atoms with Gasteiger partial charge in [-0.1, -0.05) is 12.1 Å². The van der Waals surface area contributed by atoms with Crippen LogP contribution < -0.4 is 19.9 Å². The Morgan fingerprint density at radius 1 is 1.00 bits per heavy atom. The topological polar surface area (TPSA) is 79.0 Å². The molecule has 0 radical (unpaired) electrons. The van der Waals surface area contributed by atoms with Crippen molar-refractivity contribution in [3.63, 3.8) is 0 Å². The van der Waals surface area contributed by atoms with Gasteiger partial charge in [0.25, 0.3) is 6.47 Å². The van der Waals surface area contributed by atoms with Gasteiger partial charge >= 0.3 is 0 Å². The zero-order valence-corrected chi connectivity index (χ0v) is 18.7. The first-order valence-electron chi connectivity index (χ1n) is 10.6. The Balaban J connectivity index is 1.63. The number of nitrogens with zero attached hydrogens (tertiary/aromatic N) is 2. The highest BCUT2D eigenvalue weighted by molar-refractivity contribution is 6.05. The van der Waals surface area contributed by atoms with Crippen molar-refractivity contribution in [2.45, 2.75) is 26.4 Å². The molecule has 0 aliphatic carbocycles. The molecule has 3 aromatic rings. The van der Waals surface area contributed by atoms with E-state index >= 15 is 0 Å². The van der Waals surface area contributed by atoms with Gasteiger partial charge in [-0.3, -0.25) is 14.4 Å². The van der Waals surface area contributed by atoms with Crippen LogP contribution in [0.3, 0.4) is 0 Å². The SMILES string of the molecule is CC(=O)c1ccc(Nc2ccc3c(c2)N(Cc2ccc(OC=O)cc2)C(C)C(=O)N3C)cc1. The van der Waals surface area contributed by atoms with Crippen LogP contribution >= 0.6 is 0 Å². The number of anilines is 4. The van der Waals surface area contributed by atoms with E-state index in [1.165, 1.54) is 0 Å². The number of fused-ring (bicyclic) bond motifs is 1. The summed E-state index contributed by atoms with van der Waals surface area (Å²) in [5.74, 6) is 0.515. The molecule has 0 saturated carbocycles. The van der Waals surface area contributed by atoms with Gasteiger partial charge in [-0.25, -0.2) is 0 Å². The lowest BCUT2D eigenvalue weighted by atomic mass is 10.0. The second-order valence-corrected chi connectivity index (χ2v) is 8.02. The minimum absolute atomic E-state index is 0.0175. The van der Waals surface area contributed by atoms with Gasteiger partial charge in [-0.05, 0) is 74.0 Å². The predicted molar refractivity (Wildman–Crippen MR) is 128 cm³/mol. The van der Waals surface area contributed by atoms with Gasteiger partial charge in [0.15, 0.2) is 5.78 Å². The number of likely N-dealkylation sites (N-methyl/N-ethyl adjacent to an activating group) is 1. The van der Waals surface area contributed by atoms with E-state index in [1.807, 2.05) is 49.4 Å². The number of ketones is 1. The fourth-order valence-electron chi connectivity index (χ4n) is 3.96. The highest BCUT2D eigenvalue weighted by Gasteiger charge is 2.33. The Labute approximate surface area is 192 Å². The number of hydrogen-bond acceptors (Lipinski definition) is 6. The Morgan fingerprint density at radius 3 is 2.30 bits per heavy atom. The maximum atomic E-state index is 12.9. The molecule has 1 unspecified atom stereocenters. The summed E-state index contributed by atoms with van der Waals surface area (Å²) in [6.07, 6.45) is 0. The van der Waals surface area contributed by atoms with Crippen LogP contribution in [0, 0.1) is 0 Å². The first-order chi connectivity index (χ1) is 15.9. The molecule has 0 spiro atoms. The Kier molecular flexibility index (Phi) is 6.13. The summed E-state index contributed by atoms with van der Waals surface area (Å²) < 4.78 is 4.87. The van der Waals surface area contributed by atoms with Crippen LogP contribution in [0.25, 0.3) is 0 Å².